The zero-order valence-electron chi connectivity index (χ0n) is 9.77. The van der Waals surface area contributed by atoms with Crippen molar-refractivity contribution in [1.82, 2.24) is 14.9 Å². The number of aromatic nitrogens is 2. The Morgan fingerprint density at radius 1 is 1.59 bits per heavy atom. The molecule has 0 aromatic carbocycles. The maximum Gasteiger partial charge on any atom is 0.273 e. The van der Waals surface area contributed by atoms with Crippen molar-refractivity contribution in [1.29, 1.82) is 0 Å². The van der Waals surface area contributed by atoms with Crippen LogP contribution in [0.3, 0.4) is 0 Å². The Labute approximate surface area is 105 Å². The average Bonchev–Trinajstić information content (AvgIpc) is 2.67. The SMILES string of the molecule is CCC(C)NC(=O)c1nn2ccccc2c1Cl. The van der Waals surface area contributed by atoms with Gasteiger partial charge in [0, 0.05) is 12.2 Å². The van der Waals surface area contributed by atoms with Gasteiger partial charge in [0.05, 0.1) is 10.5 Å². The van der Waals surface area contributed by atoms with Crippen molar-refractivity contribution in [2.24, 2.45) is 0 Å². The van der Waals surface area contributed by atoms with Gasteiger partial charge < -0.3 is 5.32 Å². The highest BCUT2D eigenvalue weighted by atomic mass is 35.5. The lowest BCUT2D eigenvalue weighted by molar-refractivity contribution is 0.0934. The van der Waals surface area contributed by atoms with E-state index in [0.29, 0.717) is 5.02 Å². The van der Waals surface area contributed by atoms with E-state index >= 15 is 0 Å². The molecule has 0 saturated carbocycles. The number of hydrogen-bond donors (Lipinski definition) is 1. The van der Waals surface area contributed by atoms with E-state index in [1.807, 2.05) is 32.0 Å². The van der Waals surface area contributed by atoms with Gasteiger partial charge in [-0.1, -0.05) is 24.6 Å². The number of fused-ring (bicyclic) bond motifs is 1. The average molecular weight is 252 g/mol. The number of carbonyl (C=O) groups is 1. The van der Waals surface area contributed by atoms with Crippen molar-refractivity contribution in [3.63, 3.8) is 0 Å². The Hall–Kier alpha value is -1.55. The van der Waals surface area contributed by atoms with Crippen LogP contribution in [0.4, 0.5) is 0 Å². The first-order valence-electron chi connectivity index (χ1n) is 5.57. The van der Waals surface area contributed by atoms with Crippen LogP contribution in [-0.2, 0) is 0 Å². The first kappa shape index (κ1) is 11.9. The summed E-state index contributed by atoms with van der Waals surface area (Å²) in [6.45, 7) is 3.96. The molecule has 17 heavy (non-hydrogen) atoms. The predicted octanol–water partition coefficient (Wildman–Crippen LogP) is 2.52. The van der Waals surface area contributed by atoms with Crippen molar-refractivity contribution in [2.45, 2.75) is 26.3 Å². The standard InChI is InChI=1S/C12H14ClN3O/c1-3-8(2)14-12(17)11-10(13)9-6-4-5-7-16(9)15-11/h4-8H,3H2,1-2H3,(H,14,17). The zero-order valence-corrected chi connectivity index (χ0v) is 10.5. The fourth-order valence-electron chi connectivity index (χ4n) is 1.51. The molecule has 2 heterocycles. The summed E-state index contributed by atoms with van der Waals surface area (Å²) in [6, 6.07) is 5.64. The summed E-state index contributed by atoms with van der Waals surface area (Å²) in [4.78, 5) is 11.9. The highest BCUT2D eigenvalue weighted by Gasteiger charge is 2.18. The molecule has 0 aliphatic heterocycles. The Kier molecular flexibility index (Phi) is 3.33. The number of amides is 1. The molecule has 2 rings (SSSR count). The number of carbonyl (C=O) groups excluding carboxylic acids is 1. The fraction of sp³-hybridized carbons (Fsp3) is 0.333. The molecule has 1 atom stereocenters. The van der Waals surface area contributed by atoms with Gasteiger partial charge in [0.25, 0.3) is 5.91 Å². The molecule has 1 amide bonds. The largest absolute Gasteiger partial charge is 0.348 e. The molecule has 0 saturated heterocycles. The number of hydrogen-bond acceptors (Lipinski definition) is 2. The van der Waals surface area contributed by atoms with Crippen LogP contribution >= 0.6 is 11.6 Å². The Balaban J connectivity index is 2.35. The highest BCUT2D eigenvalue weighted by Crippen LogP contribution is 2.21. The summed E-state index contributed by atoms with van der Waals surface area (Å²) >= 11 is 6.13. The Bertz CT molecular complexity index is 550. The van der Waals surface area contributed by atoms with E-state index in [0.717, 1.165) is 11.9 Å². The molecule has 4 nitrogen and oxygen atoms in total. The lowest BCUT2D eigenvalue weighted by Crippen LogP contribution is -2.32. The summed E-state index contributed by atoms with van der Waals surface area (Å²) in [5, 5.41) is 7.42. The second-order valence-electron chi connectivity index (χ2n) is 3.98. The molecule has 0 aliphatic carbocycles. The van der Waals surface area contributed by atoms with E-state index in [4.69, 9.17) is 11.6 Å². The quantitative estimate of drug-likeness (QED) is 0.911. The van der Waals surface area contributed by atoms with Gasteiger partial charge in [0.15, 0.2) is 5.69 Å². The summed E-state index contributed by atoms with van der Waals surface area (Å²) in [5.74, 6) is -0.229. The molecular weight excluding hydrogens is 238 g/mol. The van der Waals surface area contributed by atoms with E-state index in [-0.39, 0.29) is 17.6 Å². The van der Waals surface area contributed by atoms with Gasteiger partial charge in [-0.05, 0) is 25.5 Å². The monoisotopic (exact) mass is 251 g/mol. The van der Waals surface area contributed by atoms with E-state index < -0.39 is 0 Å². The smallest absolute Gasteiger partial charge is 0.273 e. The molecule has 2 aromatic heterocycles. The second-order valence-corrected chi connectivity index (χ2v) is 4.35. The summed E-state index contributed by atoms with van der Waals surface area (Å²) in [5.41, 5.74) is 1.02. The van der Waals surface area contributed by atoms with Gasteiger partial charge in [-0.25, -0.2) is 4.52 Å². The summed E-state index contributed by atoms with van der Waals surface area (Å²) < 4.78 is 1.61. The summed E-state index contributed by atoms with van der Waals surface area (Å²) in [7, 11) is 0. The van der Waals surface area contributed by atoms with Crippen LogP contribution in [0.1, 0.15) is 30.8 Å². The van der Waals surface area contributed by atoms with Gasteiger partial charge >= 0.3 is 0 Å². The third kappa shape index (κ3) is 2.26. The predicted molar refractivity (Wildman–Crippen MR) is 67.4 cm³/mol. The van der Waals surface area contributed by atoms with Crippen molar-refractivity contribution >= 4 is 23.0 Å². The molecule has 0 bridgehead atoms. The number of halogens is 1. The normalized spacial score (nSPS) is 12.6. The first-order chi connectivity index (χ1) is 8.13. The molecule has 0 radical (unpaired) electrons. The zero-order chi connectivity index (χ0) is 12.4. The molecule has 1 N–H and O–H groups in total. The maximum absolute atomic E-state index is 11.9. The van der Waals surface area contributed by atoms with Gasteiger partial charge in [0.1, 0.15) is 0 Å². The van der Waals surface area contributed by atoms with Gasteiger partial charge in [-0.3, -0.25) is 4.79 Å². The molecule has 0 aliphatic rings. The van der Waals surface area contributed by atoms with Crippen molar-refractivity contribution in [3.05, 3.63) is 35.1 Å². The third-order valence-corrected chi connectivity index (χ3v) is 3.06. The van der Waals surface area contributed by atoms with Gasteiger partial charge in [0.2, 0.25) is 0 Å². The van der Waals surface area contributed by atoms with Crippen molar-refractivity contribution in [3.8, 4) is 0 Å². The van der Waals surface area contributed by atoms with Crippen LogP contribution in [0.25, 0.3) is 5.52 Å². The molecule has 90 valence electrons. The maximum atomic E-state index is 11.9. The van der Waals surface area contributed by atoms with E-state index in [2.05, 4.69) is 10.4 Å². The second kappa shape index (κ2) is 4.75. The van der Waals surface area contributed by atoms with Crippen LogP contribution in [0.2, 0.25) is 5.02 Å². The van der Waals surface area contributed by atoms with Crippen LogP contribution in [0, 0.1) is 0 Å². The first-order valence-corrected chi connectivity index (χ1v) is 5.95. The fourth-order valence-corrected chi connectivity index (χ4v) is 1.78. The number of nitrogens with zero attached hydrogens (tertiary/aromatic N) is 2. The van der Waals surface area contributed by atoms with Crippen LogP contribution in [0.15, 0.2) is 24.4 Å². The molecule has 0 spiro atoms. The highest BCUT2D eigenvalue weighted by molar-refractivity contribution is 6.36. The lowest BCUT2D eigenvalue weighted by atomic mass is 10.2. The van der Waals surface area contributed by atoms with E-state index in [9.17, 15) is 4.79 Å². The van der Waals surface area contributed by atoms with E-state index in [1.165, 1.54) is 0 Å². The Morgan fingerprint density at radius 3 is 3.00 bits per heavy atom. The molecule has 2 aromatic rings. The molecular formula is C12H14ClN3O. The topological polar surface area (TPSA) is 46.4 Å². The number of nitrogens with one attached hydrogen (secondary N) is 1. The lowest BCUT2D eigenvalue weighted by Gasteiger charge is -2.09. The van der Waals surface area contributed by atoms with Crippen molar-refractivity contribution < 1.29 is 4.79 Å². The minimum Gasteiger partial charge on any atom is -0.348 e. The van der Waals surface area contributed by atoms with Crippen LogP contribution < -0.4 is 5.32 Å². The minimum atomic E-state index is -0.229. The number of pyridine rings is 1. The minimum absolute atomic E-state index is 0.114. The van der Waals surface area contributed by atoms with Gasteiger partial charge in [-0.2, -0.15) is 5.10 Å². The molecule has 1 unspecified atom stereocenters. The molecule has 0 fully saturated rings. The van der Waals surface area contributed by atoms with E-state index in [1.54, 1.807) is 10.7 Å². The van der Waals surface area contributed by atoms with Gasteiger partial charge in [-0.15, -0.1) is 0 Å². The Morgan fingerprint density at radius 2 is 2.35 bits per heavy atom. The summed E-state index contributed by atoms with van der Waals surface area (Å²) in [6.07, 6.45) is 2.64. The molecule has 5 heteroatoms. The van der Waals surface area contributed by atoms with Crippen LogP contribution in [0.5, 0.6) is 0 Å². The van der Waals surface area contributed by atoms with Crippen LogP contribution in [-0.4, -0.2) is 21.6 Å². The third-order valence-electron chi connectivity index (χ3n) is 2.68. The van der Waals surface area contributed by atoms with Crippen molar-refractivity contribution in [2.75, 3.05) is 0 Å². The number of rotatable bonds is 3.